The smallest absolute Gasteiger partial charge is 0.387 e. The molecule has 1 aromatic carbocycles. The molecule has 8 nitrogen and oxygen atoms in total. The van der Waals surface area contributed by atoms with Gasteiger partial charge in [-0.05, 0) is 30.3 Å². The summed E-state index contributed by atoms with van der Waals surface area (Å²) in [5.74, 6) is -0.821. The van der Waals surface area contributed by atoms with Crippen LogP contribution in [0.25, 0.3) is 16.8 Å². The Labute approximate surface area is 193 Å². The van der Waals surface area contributed by atoms with E-state index in [1.807, 2.05) is 0 Å². The van der Waals surface area contributed by atoms with Gasteiger partial charge in [0.05, 0.1) is 5.69 Å². The molecule has 5 rings (SSSR count). The number of carbonyl (C=O) groups excluding carboxylic acids is 1. The summed E-state index contributed by atoms with van der Waals surface area (Å²) in [6.45, 7) is -2.81. The first kappa shape index (κ1) is 22.0. The Morgan fingerprint density at radius 3 is 2.59 bits per heavy atom. The molecule has 1 aliphatic heterocycles. The summed E-state index contributed by atoms with van der Waals surface area (Å²) in [5.41, 5.74) is 3.12. The topological polar surface area (TPSA) is 103 Å². The highest BCUT2D eigenvalue weighted by atomic mass is 32.2. The van der Waals surface area contributed by atoms with E-state index in [2.05, 4.69) is 15.3 Å². The molecule has 0 radical (unpaired) electrons. The molecule has 0 fully saturated rings. The molecule has 3 aromatic heterocycles. The molecule has 1 atom stereocenters. The van der Waals surface area contributed by atoms with E-state index in [0.717, 1.165) is 6.26 Å². The van der Waals surface area contributed by atoms with Crippen LogP contribution in [0.2, 0.25) is 0 Å². The number of alkyl halides is 2. The minimum atomic E-state index is -3.43. The van der Waals surface area contributed by atoms with Gasteiger partial charge in [-0.1, -0.05) is 18.2 Å². The second kappa shape index (κ2) is 8.17. The number of sulfone groups is 1. The molecule has 1 unspecified atom stereocenters. The zero-order chi connectivity index (χ0) is 24.0. The molecule has 34 heavy (non-hydrogen) atoms. The number of nitrogens with one attached hydrogen (secondary N) is 1. The minimum absolute atomic E-state index is 0.0243. The molecule has 1 N–H and O–H groups in total. The predicted molar refractivity (Wildman–Crippen MR) is 119 cm³/mol. The van der Waals surface area contributed by atoms with E-state index in [4.69, 9.17) is 4.74 Å². The van der Waals surface area contributed by atoms with Crippen molar-refractivity contribution in [2.75, 3.05) is 12.8 Å². The average Bonchev–Trinajstić information content (AvgIpc) is 3.19. The number of aromatic nitrogens is 3. The van der Waals surface area contributed by atoms with Gasteiger partial charge in [0.2, 0.25) is 0 Å². The van der Waals surface area contributed by atoms with Crippen molar-refractivity contribution in [3.63, 3.8) is 0 Å². The number of benzene rings is 1. The van der Waals surface area contributed by atoms with Crippen molar-refractivity contribution in [2.45, 2.75) is 17.6 Å². The fourth-order valence-electron chi connectivity index (χ4n) is 4.11. The lowest BCUT2D eigenvalue weighted by Gasteiger charge is -2.25. The van der Waals surface area contributed by atoms with Crippen LogP contribution in [0.1, 0.15) is 27.7 Å². The molecule has 0 saturated heterocycles. The maximum atomic E-state index is 13.0. The van der Waals surface area contributed by atoms with Gasteiger partial charge in [-0.2, -0.15) is 8.78 Å². The molecule has 0 aliphatic carbocycles. The van der Waals surface area contributed by atoms with Crippen LogP contribution < -0.4 is 10.1 Å². The molecule has 1 aliphatic rings. The summed E-state index contributed by atoms with van der Waals surface area (Å²) in [4.78, 5) is 21.1. The number of rotatable bonds is 5. The highest BCUT2D eigenvalue weighted by molar-refractivity contribution is 7.90. The lowest BCUT2D eigenvalue weighted by molar-refractivity contribution is -0.0505. The molecule has 11 heteroatoms. The lowest BCUT2D eigenvalue weighted by Crippen LogP contribution is -2.36. The number of ether oxygens (including phenoxy) is 1. The fraction of sp³-hybridized carbons (Fsp3) is 0.174. The van der Waals surface area contributed by atoms with Crippen LogP contribution in [0.5, 0.6) is 5.75 Å². The first-order valence-electron chi connectivity index (χ1n) is 10.2. The van der Waals surface area contributed by atoms with E-state index in [9.17, 15) is 22.0 Å². The van der Waals surface area contributed by atoms with E-state index in [0.29, 0.717) is 28.0 Å². The SMILES string of the molecule is CS(=O)(=O)c1ccc(-c2ccc3nc4c(n3c2)C(c2ccccc2OC(F)F)CNC4=O)cn1. The van der Waals surface area contributed by atoms with E-state index in [1.165, 1.54) is 18.3 Å². The lowest BCUT2D eigenvalue weighted by atomic mass is 9.90. The van der Waals surface area contributed by atoms with Gasteiger partial charge in [-0.25, -0.2) is 18.4 Å². The summed E-state index contributed by atoms with van der Waals surface area (Å²) >= 11 is 0. The Bertz CT molecular complexity index is 1520. The van der Waals surface area contributed by atoms with E-state index in [-0.39, 0.29) is 28.9 Å². The first-order valence-corrected chi connectivity index (χ1v) is 12.1. The van der Waals surface area contributed by atoms with Gasteiger partial charge >= 0.3 is 6.61 Å². The highest BCUT2D eigenvalue weighted by Gasteiger charge is 2.33. The number of hydrogen-bond acceptors (Lipinski definition) is 6. The predicted octanol–water partition coefficient (Wildman–Crippen LogP) is 3.28. The Hall–Kier alpha value is -3.86. The molecule has 1 amide bonds. The van der Waals surface area contributed by atoms with E-state index >= 15 is 0 Å². The van der Waals surface area contributed by atoms with Crippen molar-refractivity contribution in [3.05, 3.63) is 77.9 Å². The molecule has 174 valence electrons. The third-order valence-corrected chi connectivity index (χ3v) is 6.63. The van der Waals surface area contributed by atoms with Crippen LogP contribution in [-0.4, -0.2) is 48.1 Å². The number of pyridine rings is 2. The zero-order valence-electron chi connectivity index (χ0n) is 17.8. The van der Waals surface area contributed by atoms with Crippen LogP contribution in [0.3, 0.4) is 0 Å². The maximum absolute atomic E-state index is 13.0. The van der Waals surface area contributed by atoms with Crippen molar-refractivity contribution in [1.29, 1.82) is 0 Å². The third kappa shape index (κ3) is 3.87. The van der Waals surface area contributed by atoms with Gasteiger partial charge < -0.3 is 14.5 Å². The summed E-state index contributed by atoms with van der Waals surface area (Å²) in [7, 11) is -3.43. The monoisotopic (exact) mass is 484 g/mol. The third-order valence-electron chi connectivity index (χ3n) is 5.63. The van der Waals surface area contributed by atoms with Crippen LogP contribution >= 0.6 is 0 Å². The molecular weight excluding hydrogens is 466 g/mol. The minimum Gasteiger partial charge on any atom is -0.435 e. The van der Waals surface area contributed by atoms with Gasteiger partial charge in [0, 0.05) is 47.8 Å². The van der Waals surface area contributed by atoms with Gasteiger partial charge in [0.15, 0.2) is 20.6 Å². The van der Waals surface area contributed by atoms with Crippen molar-refractivity contribution in [3.8, 4) is 16.9 Å². The highest BCUT2D eigenvalue weighted by Crippen LogP contribution is 2.37. The normalized spacial score (nSPS) is 15.9. The van der Waals surface area contributed by atoms with Crippen LogP contribution in [-0.2, 0) is 9.84 Å². The summed E-state index contributed by atoms with van der Waals surface area (Å²) in [6.07, 6.45) is 4.30. The summed E-state index contributed by atoms with van der Waals surface area (Å²) in [5, 5.41) is 2.73. The van der Waals surface area contributed by atoms with Crippen molar-refractivity contribution >= 4 is 21.4 Å². The van der Waals surface area contributed by atoms with Crippen molar-refractivity contribution in [1.82, 2.24) is 19.7 Å². The summed E-state index contributed by atoms with van der Waals surface area (Å²) in [6, 6.07) is 13.0. The van der Waals surface area contributed by atoms with E-state index in [1.54, 1.807) is 47.0 Å². The number of carbonyl (C=O) groups is 1. The molecule has 4 aromatic rings. The second-order valence-electron chi connectivity index (χ2n) is 7.83. The molecular formula is C23H18F2N4O4S. The molecule has 0 saturated carbocycles. The molecule has 4 heterocycles. The molecule has 0 bridgehead atoms. The number of amides is 1. The van der Waals surface area contributed by atoms with Crippen molar-refractivity contribution in [2.24, 2.45) is 0 Å². The van der Waals surface area contributed by atoms with Crippen LogP contribution in [0, 0.1) is 0 Å². The Kier molecular flexibility index (Phi) is 5.28. The Balaban J connectivity index is 1.65. The maximum Gasteiger partial charge on any atom is 0.387 e. The fourth-order valence-corrected chi connectivity index (χ4v) is 4.67. The van der Waals surface area contributed by atoms with E-state index < -0.39 is 22.4 Å². The zero-order valence-corrected chi connectivity index (χ0v) is 18.6. The van der Waals surface area contributed by atoms with Gasteiger partial charge in [-0.3, -0.25) is 4.79 Å². The van der Waals surface area contributed by atoms with Gasteiger partial charge in [0.1, 0.15) is 11.4 Å². The first-order chi connectivity index (χ1) is 16.2. The number of halogens is 2. The van der Waals surface area contributed by atoms with Crippen molar-refractivity contribution < 1.29 is 26.7 Å². The summed E-state index contributed by atoms with van der Waals surface area (Å²) < 4.78 is 55.9. The largest absolute Gasteiger partial charge is 0.435 e. The number of hydrogen-bond donors (Lipinski definition) is 1. The standard InChI is InChI=1S/C23H18F2N4O4S/c1-34(31,32)19-9-7-13(10-26-19)14-6-8-18-28-20-21(29(18)12-14)16(11-27-22(20)30)15-4-2-3-5-17(15)33-23(24)25/h2-10,12,16,23H,11H2,1H3,(H,27,30). The Morgan fingerprint density at radius 2 is 1.88 bits per heavy atom. The number of para-hydroxylation sites is 1. The Morgan fingerprint density at radius 1 is 1.12 bits per heavy atom. The second-order valence-corrected chi connectivity index (χ2v) is 9.79. The number of imidazole rings is 1. The quantitative estimate of drug-likeness (QED) is 0.467. The van der Waals surface area contributed by atoms with Crippen LogP contribution in [0.4, 0.5) is 8.78 Å². The van der Waals surface area contributed by atoms with Gasteiger partial charge in [-0.15, -0.1) is 0 Å². The molecule has 0 spiro atoms. The van der Waals surface area contributed by atoms with Gasteiger partial charge in [0.25, 0.3) is 5.91 Å². The average molecular weight is 484 g/mol. The number of fused-ring (bicyclic) bond motifs is 3. The number of nitrogens with zero attached hydrogens (tertiary/aromatic N) is 3. The van der Waals surface area contributed by atoms with Crippen LogP contribution in [0.15, 0.2) is 66.0 Å².